The molecule has 0 fully saturated rings. The molecule has 94 valence electrons. The van der Waals surface area contributed by atoms with E-state index in [1.165, 1.54) is 4.90 Å². The molecule has 0 saturated carbocycles. The average Bonchev–Trinajstić information content (AvgIpc) is 2.59. The first-order valence-electron chi connectivity index (χ1n) is 5.46. The number of hydrogen-bond acceptors (Lipinski definition) is 3. The van der Waals surface area contributed by atoms with Gasteiger partial charge in [-0.15, -0.1) is 11.3 Å². The van der Waals surface area contributed by atoms with E-state index in [9.17, 15) is 9.59 Å². The summed E-state index contributed by atoms with van der Waals surface area (Å²) in [6.07, 6.45) is 0.282. The molecule has 0 aromatic carbocycles. The minimum atomic E-state index is -0.977. The van der Waals surface area contributed by atoms with Crippen molar-refractivity contribution in [2.24, 2.45) is 0 Å². The third-order valence-corrected chi connectivity index (χ3v) is 3.37. The lowest BCUT2D eigenvalue weighted by molar-refractivity contribution is -0.145. The standard InChI is InChI=1S/C12H17NO3S/c1-8(2)13(7-12(15)16)11(14)6-10-5-4-9(3)17-10/h4-5,8H,6-7H2,1-3H3,(H,15,16). The van der Waals surface area contributed by atoms with Crippen LogP contribution in [0.3, 0.4) is 0 Å². The van der Waals surface area contributed by atoms with Gasteiger partial charge in [-0.25, -0.2) is 0 Å². The van der Waals surface area contributed by atoms with Gasteiger partial charge >= 0.3 is 5.97 Å². The highest BCUT2D eigenvalue weighted by Gasteiger charge is 2.20. The Kier molecular flexibility index (Phi) is 4.69. The summed E-state index contributed by atoms with van der Waals surface area (Å²) >= 11 is 1.57. The van der Waals surface area contributed by atoms with Gasteiger partial charge in [-0.05, 0) is 32.9 Å². The minimum absolute atomic E-state index is 0.0975. The maximum absolute atomic E-state index is 12.0. The zero-order valence-electron chi connectivity index (χ0n) is 10.3. The zero-order chi connectivity index (χ0) is 13.0. The Morgan fingerprint density at radius 1 is 1.41 bits per heavy atom. The fourth-order valence-corrected chi connectivity index (χ4v) is 2.42. The first kappa shape index (κ1) is 13.7. The molecule has 0 saturated heterocycles. The maximum atomic E-state index is 12.0. The quantitative estimate of drug-likeness (QED) is 0.874. The van der Waals surface area contributed by atoms with Crippen LogP contribution >= 0.6 is 11.3 Å². The number of carboxylic acid groups (broad SMARTS) is 1. The van der Waals surface area contributed by atoms with Crippen molar-refractivity contribution < 1.29 is 14.7 Å². The van der Waals surface area contributed by atoms with Crippen molar-refractivity contribution in [3.63, 3.8) is 0 Å². The molecule has 1 aromatic rings. The van der Waals surface area contributed by atoms with Gasteiger partial charge in [0.1, 0.15) is 6.54 Å². The molecule has 5 heteroatoms. The Balaban J connectivity index is 2.68. The molecule has 1 amide bonds. The number of hydrogen-bond donors (Lipinski definition) is 1. The number of aliphatic carboxylic acids is 1. The van der Waals surface area contributed by atoms with E-state index in [2.05, 4.69) is 0 Å². The number of amides is 1. The summed E-state index contributed by atoms with van der Waals surface area (Å²) in [4.78, 5) is 26.2. The highest BCUT2D eigenvalue weighted by atomic mass is 32.1. The molecule has 17 heavy (non-hydrogen) atoms. The first-order valence-corrected chi connectivity index (χ1v) is 6.28. The molecule has 0 atom stereocenters. The normalized spacial score (nSPS) is 10.6. The molecule has 4 nitrogen and oxygen atoms in total. The van der Waals surface area contributed by atoms with Crippen molar-refractivity contribution in [2.75, 3.05) is 6.54 Å². The van der Waals surface area contributed by atoms with Gasteiger partial charge in [-0.1, -0.05) is 0 Å². The highest BCUT2D eigenvalue weighted by Crippen LogP contribution is 2.16. The number of carbonyl (C=O) groups is 2. The molecule has 1 heterocycles. The molecule has 0 unspecified atom stereocenters. The predicted octanol–water partition coefficient (Wildman–Crippen LogP) is 1.92. The lowest BCUT2D eigenvalue weighted by Gasteiger charge is -2.24. The number of aryl methyl sites for hydroxylation is 1. The summed E-state index contributed by atoms with van der Waals surface area (Å²) in [6.45, 7) is 5.39. The van der Waals surface area contributed by atoms with Crippen molar-refractivity contribution >= 4 is 23.2 Å². The second kappa shape index (κ2) is 5.82. The SMILES string of the molecule is Cc1ccc(CC(=O)N(CC(=O)O)C(C)C)s1. The molecule has 0 bridgehead atoms. The molecule has 1 rings (SSSR count). The molecule has 0 radical (unpaired) electrons. The number of nitrogens with zero attached hydrogens (tertiary/aromatic N) is 1. The van der Waals surface area contributed by atoms with E-state index >= 15 is 0 Å². The van der Waals surface area contributed by atoms with E-state index in [1.54, 1.807) is 11.3 Å². The largest absolute Gasteiger partial charge is 0.480 e. The average molecular weight is 255 g/mol. The van der Waals surface area contributed by atoms with Gasteiger partial charge < -0.3 is 10.0 Å². The van der Waals surface area contributed by atoms with Gasteiger partial charge in [0.05, 0.1) is 6.42 Å². The topological polar surface area (TPSA) is 57.6 Å². The van der Waals surface area contributed by atoms with Crippen molar-refractivity contribution in [2.45, 2.75) is 33.2 Å². The number of thiophene rings is 1. The molecule has 1 aromatic heterocycles. The highest BCUT2D eigenvalue weighted by molar-refractivity contribution is 7.12. The van der Waals surface area contributed by atoms with E-state index in [-0.39, 0.29) is 24.9 Å². The molecule has 0 spiro atoms. The smallest absolute Gasteiger partial charge is 0.323 e. The number of rotatable bonds is 5. The molecule has 0 aliphatic carbocycles. The Morgan fingerprint density at radius 3 is 2.47 bits per heavy atom. The summed E-state index contributed by atoms with van der Waals surface area (Å²) in [5, 5.41) is 8.76. The van der Waals surface area contributed by atoms with Crippen LogP contribution in [0.1, 0.15) is 23.6 Å². The molecule has 0 aliphatic heterocycles. The summed E-state index contributed by atoms with van der Waals surface area (Å²) in [5.74, 6) is -1.11. The Morgan fingerprint density at radius 2 is 2.06 bits per heavy atom. The predicted molar refractivity (Wildman–Crippen MR) is 67.2 cm³/mol. The summed E-state index contributed by atoms with van der Waals surface area (Å²) in [5.41, 5.74) is 0. The summed E-state index contributed by atoms with van der Waals surface area (Å²) in [7, 11) is 0. The van der Waals surface area contributed by atoms with E-state index in [4.69, 9.17) is 5.11 Å². The van der Waals surface area contributed by atoms with Gasteiger partial charge in [0.15, 0.2) is 0 Å². The van der Waals surface area contributed by atoms with Gasteiger partial charge in [-0.3, -0.25) is 9.59 Å². The molecular formula is C12H17NO3S. The van der Waals surface area contributed by atoms with Crippen LogP contribution in [0.4, 0.5) is 0 Å². The summed E-state index contributed by atoms with van der Waals surface area (Å²) < 4.78 is 0. The molecule has 0 aliphatic rings. The monoisotopic (exact) mass is 255 g/mol. The van der Waals surface area contributed by atoms with Gasteiger partial charge in [0.2, 0.25) is 5.91 Å². The van der Waals surface area contributed by atoms with Crippen LogP contribution in [0, 0.1) is 6.92 Å². The lowest BCUT2D eigenvalue weighted by atomic mass is 10.2. The third kappa shape index (κ3) is 4.19. The van der Waals surface area contributed by atoms with Crippen molar-refractivity contribution in [3.8, 4) is 0 Å². The van der Waals surface area contributed by atoms with Crippen LogP contribution in [0.5, 0.6) is 0 Å². The lowest BCUT2D eigenvalue weighted by Crippen LogP contribution is -2.41. The van der Waals surface area contributed by atoms with Crippen molar-refractivity contribution in [1.29, 1.82) is 0 Å². The molecular weight excluding hydrogens is 238 g/mol. The fraction of sp³-hybridized carbons (Fsp3) is 0.500. The van der Waals surface area contributed by atoms with Crippen LogP contribution in [0.15, 0.2) is 12.1 Å². The van der Waals surface area contributed by atoms with Gasteiger partial charge in [0, 0.05) is 15.8 Å². The second-order valence-corrected chi connectivity index (χ2v) is 5.57. The Hall–Kier alpha value is -1.36. The zero-order valence-corrected chi connectivity index (χ0v) is 11.1. The number of carboxylic acids is 1. The Bertz CT molecular complexity index is 412. The van der Waals surface area contributed by atoms with Crippen LogP contribution < -0.4 is 0 Å². The van der Waals surface area contributed by atoms with Crippen LogP contribution in [-0.4, -0.2) is 34.5 Å². The van der Waals surface area contributed by atoms with Crippen LogP contribution in [-0.2, 0) is 16.0 Å². The van der Waals surface area contributed by atoms with Gasteiger partial charge in [-0.2, -0.15) is 0 Å². The maximum Gasteiger partial charge on any atom is 0.323 e. The van der Waals surface area contributed by atoms with E-state index in [0.717, 1.165) is 9.75 Å². The second-order valence-electron chi connectivity index (χ2n) is 4.20. The Labute approximate surface area is 105 Å². The van der Waals surface area contributed by atoms with E-state index in [0.29, 0.717) is 0 Å². The van der Waals surface area contributed by atoms with E-state index in [1.807, 2.05) is 32.9 Å². The minimum Gasteiger partial charge on any atom is -0.480 e. The van der Waals surface area contributed by atoms with Crippen LogP contribution in [0.25, 0.3) is 0 Å². The van der Waals surface area contributed by atoms with Crippen molar-refractivity contribution in [1.82, 2.24) is 4.90 Å². The first-order chi connectivity index (χ1) is 7.90. The number of carbonyl (C=O) groups excluding carboxylic acids is 1. The summed E-state index contributed by atoms with van der Waals surface area (Å²) in [6, 6.07) is 3.78. The molecule has 1 N–H and O–H groups in total. The van der Waals surface area contributed by atoms with Gasteiger partial charge in [0.25, 0.3) is 0 Å². The fourth-order valence-electron chi connectivity index (χ4n) is 1.54. The third-order valence-electron chi connectivity index (χ3n) is 2.37. The van der Waals surface area contributed by atoms with E-state index < -0.39 is 5.97 Å². The van der Waals surface area contributed by atoms with Crippen LogP contribution in [0.2, 0.25) is 0 Å². The van der Waals surface area contributed by atoms with Crippen molar-refractivity contribution in [3.05, 3.63) is 21.9 Å².